The maximum absolute atomic E-state index is 15.4. The Balaban J connectivity index is 1.57. The van der Waals surface area contributed by atoms with Crippen molar-refractivity contribution in [2.45, 2.75) is 37.3 Å². The second-order valence-electron chi connectivity index (χ2n) is 9.40. The molecule has 1 atom stereocenters. The summed E-state index contributed by atoms with van der Waals surface area (Å²) in [4.78, 5) is 42.2. The van der Waals surface area contributed by atoms with Crippen LogP contribution in [0.15, 0.2) is 52.2 Å². The highest BCUT2D eigenvalue weighted by atomic mass is 32.2. The number of halogens is 1. The third kappa shape index (κ3) is 5.81. The van der Waals surface area contributed by atoms with Gasteiger partial charge in [0.25, 0.3) is 5.91 Å². The Morgan fingerprint density at radius 2 is 1.93 bits per heavy atom. The fourth-order valence-electron chi connectivity index (χ4n) is 5.12. The molecule has 0 aromatic heterocycles. The first-order valence-electron chi connectivity index (χ1n) is 13.3. The van der Waals surface area contributed by atoms with Crippen molar-refractivity contribution in [3.8, 4) is 28.4 Å². The summed E-state index contributed by atoms with van der Waals surface area (Å²) < 4.78 is 32.8. The third-order valence-corrected chi connectivity index (χ3v) is 7.85. The Kier molecular flexibility index (Phi) is 9.29. The average Bonchev–Trinajstić information content (AvgIpc) is 3.20. The van der Waals surface area contributed by atoms with Crippen molar-refractivity contribution in [1.29, 1.82) is 0 Å². The first kappa shape index (κ1) is 29.8. The van der Waals surface area contributed by atoms with Gasteiger partial charge in [-0.25, -0.2) is 18.9 Å². The van der Waals surface area contributed by atoms with Crippen LogP contribution in [0.4, 0.5) is 4.39 Å². The number of amides is 1. The van der Waals surface area contributed by atoms with Crippen LogP contribution < -0.4 is 25.0 Å². The fourth-order valence-corrected chi connectivity index (χ4v) is 5.59. The summed E-state index contributed by atoms with van der Waals surface area (Å²) >= 11 is 1.33. The Hall–Kier alpha value is -3.68. The molecule has 3 aromatic rings. The van der Waals surface area contributed by atoms with Crippen molar-refractivity contribution in [3.05, 3.63) is 80.8 Å². The van der Waals surface area contributed by atoms with Gasteiger partial charge in [-0.1, -0.05) is 18.2 Å². The topological polar surface area (TPSA) is 105 Å². The second-order valence-corrected chi connectivity index (χ2v) is 10.3. The number of carbonyl (C=O) groups excluding carboxylic acids is 1. The fraction of sp³-hybridized carbons (Fsp3) is 0.333. The molecule has 1 amide bonds. The van der Waals surface area contributed by atoms with Gasteiger partial charge < -0.3 is 19.5 Å². The lowest BCUT2D eigenvalue weighted by Gasteiger charge is -2.26. The van der Waals surface area contributed by atoms with Crippen molar-refractivity contribution in [3.63, 3.8) is 0 Å². The number of hydrogen-bond acceptors (Lipinski definition) is 10. The normalized spacial score (nSPS) is 16.0. The number of carbonyl (C=O) groups is 1. The predicted molar refractivity (Wildman–Crippen MR) is 153 cm³/mol. The van der Waals surface area contributed by atoms with Crippen molar-refractivity contribution >= 4 is 17.7 Å². The molecule has 2 aliphatic rings. The highest BCUT2D eigenvalue weighted by molar-refractivity contribution is 7.98. The smallest absolute Gasteiger partial charge is 0.254 e. The van der Waals surface area contributed by atoms with Gasteiger partial charge in [-0.15, -0.1) is 11.8 Å². The quantitative estimate of drug-likeness (QED) is 0.322. The van der Waals surface area contributed by atoms with Gasteiger partial charge in [-0.2, -0.15) is 0 Å². The van der Waals surface area contributed by atoms with Gasteiger partial charge >= 0.3 is 0 Å². The first-order valence-corrected chi connectivity index (χ1v) is 14.5. The number of nitrogens with one attached hydrogen (secondary N) is 1. The van der Waals surface area contributed by atoms with E-state index in [1.54, 1.807) is 19.2 Å². The van der Waals surface area contributed by atoms with Gasteiger partial charge in [0.05, 0.1) is 42.7 Å². The van der Waals surface area contributed by atoms with Gasteiger partial charge in [0.2, 0.25) is 5.75 Å². The number of rotatable bonds is 10. The molecule has 0 saturated carbocycles. The SMILES string of the molecule is CCOc1cc2c(c(OC)c1OC)-c1ccc(SC)c(=O)cc1[C@@H](NC(=O)c1cccc(CON3OCO3)c1F)CC2. The van der Waals surface area contributed by atoms with Crippen LogP contribution in [0.2, 0.25) is 0 Å². The predicted octanol–water partition coefficient (Wildman–Crippen LogP) is 4.98. The van der Waals surface area contributed by atoms with Crippen molar-refractivity contribution in [2.24, 2.45) is 0 Å². The monoisotopic (exact) mass is 598 g/mol. The van der Waals surface area contributed by atoms with Crippen molar-refractivity contribution < 1.29 is 37.9 Å². The maximum atomic E-state index is 15.4. The molecule has 1 aliphatic heterocycles. The third-order valence-electron chi connectivity index (χ3n) is 7.07. The minimum absolute atomic E-state index is 0.0462. The Morgan fingerprint density at radius 3 is 2.60 bits per heavy atom. The molecule has 1 saturated heterocycles. The van der Waals surface area contributed by atoms with E-state index in [2.05, 4.69) is 5.32 Å². The molecule has 1 aliphatic carbocycles. The number of thioether (sulfide) groups is 1. The van der Waals surface area contributed by atoms with E-state index >= 15 is 4.39 Å². The first-order chi connectivity index (χ1) is 20.4. The van der Waals surface area contributed by atoms with E-state index in [1.807, 2.05) is 25.3 Å². The van der Waals surface area contributed by atoms with E-state index in [4.69, 9.17) is 28.7 Å². The molecule has 222 valence electrons. The van der Waals surface area contributed by atoms with Crippen molar-refractivity contribution in [2.75, 3.05) is 33.9 Å². The molecule has 0 spiro atoms. The zero-order valence-electron chi connectivity index (χ0n) is 23.7. The minimum atomic E-state index is -0.729. The van der Waals surface area contributed by atoms with Gasteiger partial charge in [0.15, 0.2) is 23.7 Å². The molecular formula is C30H31FN2O8S. The summed E-state index contributed by atoms with van der Waals surface area (Å²) in [7, 11) is 3.09. The highest BCUT2D eigenvalue weighted by Crippen LogP contribution is 2.50. The zero-order chi connectivity index (χ0) is 29.8. The summed E-state index contributed by atoms with van der Waals surface area (Å²) in [5.41, 5.74) is 2.73. The number of methoxy groups -OCH3 is 2. The molecule has 0 unspecified atom stereocenters. The summed E-state index contributed by atoms with van der Waals surface area (Å²) in [5, 5.41) is 3.75. The molecule has 1 N–H and O–H groups in total. The summed E-state index contributed by atoms with van der Waals surface area (Å²) in [5.74, 6) is 0.0689. The lowest BCUT2D eigenvalue weighted by atomic mass is 9.95. The summed E-state index contributed by atoms with van der Waals surface area (Å²) in [6.45, 7) is 2.15. The maximum Gasteiger partial charge on any atom is 0.254 e. The summed E-state index contributed by atoms with van der Waals surface area (Å²) in [6, 6.07) is 10.9. The molecule has 0 radical (unpaired) electrons. The lowest BCUT2D eigenvalue weighted by molar-refractivity contribution is -0.641. The molecule has 42 heavy (non-hydrogen) atoms. The van der Waals surface area contributed by atoms with E-state index < -0.39 is 17.8 Å². The van der Waals surface area contributed by atoms with Crippen LogP contribution in [0.5, 0.6) is 17.2 Å². The Labute approximate surface area is 246 Å². The lowest BCUT2D eigenvalue weighted by Crippen LogP contribution is -2.36. The number of ether oxygens (including phenoxy) is 3. The van der Waals surface area contributed by atoms with Gasteiger partial charge in [-0.05, 0) is 67.0 Å². The van der Waals surface area contributed by atoms with Crippen LogP contribution in [-0.4, -0.2) is 45.2 Å². The van der Waals surface area contributed by atoms with E-state index in [9.17, 15) is 9.59 Å². The summed E-state index contributed by atoms with van der Waals surface area (Å²) in [6.07, 6.45) is 2.76. The van der Waals surface area contributed by atoms with Gasteiger partial charge in [0.1, 0.15) is 12.4 Å². The largest absolute Gasteiger partial charge is 0.492 e. The molecular weight excluding hydrogens is 567 g/mol. The zero-order valence-corrected chi connectivity index (χ0v) is 24.5. The van der Waals surface area contributed by atoms with Crippen molar-refractivity contribution in [1.82, 2.24) is 10.7 Å². The molecule has 10 nitrogen and oxygen atoms in total. The number of nitrogens with zero attached hydrogens (tertiary/aromatic N) is 1. The van der Waals surface area contributed by atoms with E-state index in [1.165, 1.54) is 37.1 Å². The van der Waals surface area contributed by atoms with Gasteiger partial charge in [0, 0.05) is 11.1 Å². The van der Waals surface area contributed by atoms with Gasteiger partial charge in [-0.3, -0.25) is 9.59 Å². The molecule has 12 heteroatoms. The number of hydrogen-bond donors (Lipinski definition) is 1. The number of benzene rings is 2. The minimum Gasteiger partial charge on any atom is -0.492 e. The Morgan fingerprint density at radius 1 is 1.14 bits per heavy atom. The Bertz CT molecular complexity index is 1550. The van der Waals surface area contributed by atoms with E-state index in [0.29, 0.717) is 52.7 Å². The standard InChI is InChI=1S/C30H31FN2O8S/c1-5-38-24-13-17-9-11-22(32-30(35)20-8-6-7-18(27(20)31)15-39-33-40-16-41-33)21-14-23(34)25(42-4)12-10-19(21)26(17)29(37-3)28(24)36-2/h6-8,10,12-14,22H,5,9,11,15-16H2,1-4H3,(H,32,35)/t22-/m0/s1. The van der Waals surface area contributed by atoms with E-state index in [0.717, 1.165) is 16.5 Å². The number of fused-ring (bicyclic) bond motifs is 3. The van der Waals surface area contributed by atoms with Crippen LogP contribution in [-0.2, 0) is 27.5 Å². The highest BCUT2D eigenvalue weighted by Gasteiger charge is 2.31. The van der Waals surface area contributed by atoms with Crippen LogP contribution in [0.25, 0.3) is 11.1 Å². The molecule has 1 heterocycles. The molecule has 3 aromatic carbocycles. The van der Waals surface area contributed by atoms with Crippen LogP contribution in [0, 0.1) is 5.82 Å². The molecule has 0 bridgehead atoms. The molecule has 1 fully saturated rings. The second kappa shape index (κ2) is 13.1. The van der Waals surface area contributed by atoms with Crippen LogP contribution in [0.1, 0.15) is 46.4 Å². The number of aryl methyl sites for hydroxylation is 1. The van der Waals surface area contributed by atoms with E-state index in [-0.39, 0.29) is 30.0 Å². The molecule has 5 rings (SSSR count). The average molecular weight is 599 g/mol. The van der Waals surface area contributed by atoms with Crippen LogP contribution >= 0.6 is 11.8 Å². The van der Waals surface area contributed by atoms with Crippen LogP contribution in [0.3, 0.4) is 0 Å².